The molecule has 0 aromatic heterocycles. The van der Waals surface area contributed by atoms with Gasteiger partial charge in [-0.1, -0.05) is 18.2 Å². The Morgan fingerprint density at radius 1 is 1.29 bits per heavy atom. The normalized spacial score (nSPS) is 16.4. The molecule has 76 valence electrons. The molecule has 1 N–H and O–H groups in total. The van der Waals surface area contributed by atoms with Crippen molar-refractivity contribution in [2.45, 2.75) is 31.8 Å². The molecule has 0 bridgehead atoms. The Hall–Kier alpha value is -1.02. The molecule has 0 atom stereocenters. The van der Waals surface area contributed by atoms with Gasteiger partial charge in [0.1, 0.15) is 5.75 Å². The summed E-state index contributed by atoms with van der Waals surface area (Å²) >= 11 is 0. The summed E-state index contributed by atoms with van der Waals surface area (Å²) in [4.78, 5) is 0. The molecule has 0 unspecified atom stereocenters. The van der Waals surface area contributed by atoms with E-state index in [-0.39, 0.29) is 6.61 Å². The van der Waals surface area contributed by atoms with E-state index in [1.54, 1.807) is 0 Å². The van der Waals surface area contributed by atoms with Crippen LogP contribution < -0.4 is 4.74 Å². The van der Waals surface area contributed by atoms with Gasteiger partial charge in [0.15, 0.2) is 0 Å². The lowest BCUT2D eigenvalue weighted by Gasteiger charge is -2.27. The molecule has 2 nitrogen and oxygen atoms in total. The minimum atomic E-state index is 0.186. The maximum atomic E-state index is 8.89. The van der Waals surface area contributed by atoms with Crippen LogP contribution in [-0.4, -0.2) is 17.8 Å². The Labute approximate surface area is 84.5 Å². The molecule has 0 amide bonds. The number of hydrogen-bond donors (Lipinski definition) is 1. The summed E-state index contributed by atoms with van der Waals surface area (Å²) in [5, 5.41) is 8.89. The molecule has 1 aliphatic carbocycles. The van der Waals surface area contributed by atoms with Crippen LogP contribution in [0.5, 0.6) is 5.75 Å². The summed E-state index contributed by atoms with van der Waals surface area (Å²) in [5.41, 5.74) is 1.11. The van der Waals surface area contributed by atoms with Crippen molar-refractivity contribution in [3.05, 3.63) is 29.8 Å². The third-order valence-electron chi connectivity index (χ3n) is 2.70. The van der Waals surface area contributed by atoms with Gasteiger partial charge in [-0.05, 0) is 37.3 Å². The van der Waals surface area contributed by atoms with Crippen LogP contribution >= 0.6 is 0 Å². The Bertz CT molecular complexity index is 292. The highest BCUT2D eigenvalue weighted by Gasteiger charge is 2.19. The van der Waals surface area contributed by atoms with E-state index in [9.17, 15) is 0 Å². The minimum absolute atomic E-state index is 0.186. The molecule has 1 saturated carbocycles. The van der Waals surface area contributed by atoms with Crippen molar-refractivity contribution in [3.8, 4) is 5.75 Å². The van der Waals surface area contributed by atoms with E-state index in [4.69, 9.17) is 9.84 Å². The van der Waals surface area contributed by atoms with Crippen LogP contribution in [0, 0.1) is 0 Å². The molecule has 0 saturated heterocycles. The molecule has 1 fully saturated rings. The Morgan fingerprint density at radius 3 is 2.71 bits per heavy atom. The number of aliphatic hydroxyl groups is 1. The predicted molar refractivity (Wildman–Crippen MR) is 55.5 cm³/mol. The second kappa shape index (κ2) is 4.47. The van der Waals surface area contributed by atoms with Crippen molar-refractivity contribution >= 4 is 0 Å². The fraction of sp³-hybridized carbons (Fsp3) is 0.500. The van der Waals surface area contributed by atoms with E-state index in [2.05, 4.69) is 0 Å². The molecule has 1 aromatic rings. The Balaban J connectivity index is 2.05. The Morgan fingerprint density at radius 2 is 2.07 bits per heavy atom. The van der Waals surface area contributed by atoms with Crippen molar-refractivity contribution in [1.29, 1.82) is 0 Å². The highest BCUT2D eigenvalue weighted by molar-refractivity contribution is 5.33. The number of hydrogen-bond acceptors (Lipinski definition) is 2. The zero-order valence-electron chi connectivity index (χ0n) is 8.28. The summed E-state index contributed by atoms with van der Waals surface area (Å²) in [6.07, 6.45) is 4.73. The monoisotopic (exact) mass is 192 g/mol. The molecule has 1 aliphatic rings. The predicted octanol–water partition coefficient (Wildman–Crippen LogP) is 2.15. The van der Waals surface area contributed by atoms with Crippen molar-refractivity contribution in [2.24, 2.45) is 0 Å². The van der Waals surface area contributed by atoms with Crippen LogP contribution in [0.2, 0.25) is 0 Å². The highest BCUT2D eigenvalue weighted by Crippen LogP contribution is 2.27. The van der Waals surface area contributed by atoms with Gasteiger partial charge in [-0.15, -0.1) is 0 Å². The number of para-hydroxylation sites is 1. The van der Waals surface area contributed by atoms with Gasteiger partial charge >= 0.3 is 0 Å². The first-order chi connectivity index (χ1) is 6.90. The molecular weight excluding hydrogens is 176 g/mol. The maximum absolute atomic E-state index is 8.89. The Kier molecular flexibility index (Phi) is 3.04. The molecule has 0 heterocycles. The van der Waals surface area contributed by atoms with Crippen LogP contribution in [0.25, 0.3) is 0 Å². The SMILES string of the molecule is OCCc1ccccc1OC1CCC1. The van der Waals surface area contributed by atoms with Crippen molar-refractivity contribution in [1.82, 2.24) is 0 Å². The fourth-order valence-electron chi connectivity index (χ4n) is 1.61. The topological polar surface area (TPSA) is 29.5 Å². The number of benzene rings is 1. The minimum Gasteiger partial charge on any atom is -0.490 e. The lowest BCUT2D eigenvalue weighted by atomic mass is 9.96. The zero-order chi connectivity index (χ0) is 9.80. The van der Waals surface area contributed by atoms with Gasteiger partial charge in [-0.25, -0.2) is 0 Å². The van der Waals surface area contributed by atoms with Crippen LogP contribution in [0.15, 0.2) is 24.3 Å². The van der Waals surface area contributed by atoms with Crippen molar-refractivity contribution in [2.75, 3.05) is 6.61 Å². The van der Waals surface area contributed by atoms with Gasteiger partial charge in [-0.2, -0.15) is 0 Å². The standard InChI is InChI=1S/C12H16O2/c13-9-8-10-4-1-2-7-12(10)14-11-5-3-6-11/h1-2,4,7,11,13H,3,5-6,8-9H2. The lowest BCUT2D eigenvalue weighted by molar-refractivity contribution is 0.118. The second-order valence-electron chi connectivity index (χ2n) is 3.75. The number of rotatable bonds is 4. The van der Waals surface area contributed by atoms with E-state index in [0.717, 1.165) is 11.3 Å². The van der Waals surface area contributed by atoms with Gasteiger partial charge in [0.05, 0.1) is 6.10 Å². The molecule has 0 aliphatic heterocycles. The zero-order valence-corrected chi connectivity index (χ0v) is 8.28. The maximum Gasteiger partial charge on any atom is 0.122 e. The molecule has 0 radical (unpaired) electrons. The fourth-order valence-corrected chi connectivity index (χ4v) is 1.61. The van der Waals surface area contributed by atoms with Crippen LogP contribution in [0.3, 0.4) is 0 Å². The van der Waals surface area contributed by atoms with Crippen molar-refractivity contribution < 1.29 is 9.84 Å². The molecule has 2 rings (SSSR count). The first-order valence-corrected chi connectivity index (χ1v) is 5.25. The molecule has 2 heteroatoms. The van der Waals surface area contributed by atoms with Gasteiger partial charge < -0.3 is 9.84 Å². The van der Waals surface area contributed by atoms with E-state index in [0.29, 0.717) is 12.5 Å². The first-order valence-electron chi connectivity index (χ1n) is 5.25. The van der Waals surface area contributed by atoms with Gasteiger partial charge in [-0.3, -0.25) is 0 Å². The van der Waals surface area contributed by atoms with E-state index < -0.39 is 0 Å². The average Bonchev–Trinajstić information content (AvgIpc) is 2.14. The van der Waals surface area contributed by atoms with Crippen LogP contribution in [0.4, 0.5) is 0 Å². The second-order valence-corrected chi connectivity index (χ2v) is 3.75. The van der Waals surface area contributed by atoms with Crippen LogP contribution in [-0.2, 0) is 6.42 Å². The van der Waals surface area contributed by atoms with Crippen molar-refractivity contribution in [3.63, 3.8) is 0 Å². The van der Waals surface area contributed by atoms with E-state index in [1.807, 2.05) is 24.3 Å². The van der Waals surface area contributed by atoms with E-state index in [1.165, 1.54) is 19.3 Å². The summed E-state index contributed by atoms with van der Waals surface area (Å²) in [6, 6.07) is 7.97. The summed E-state index contributed by atoms with van der Waals surface area (Å²) in [7, 11) is 0. The molecular formula is C12H16O2. The lowest BCUT2D eigenvalue weighted by Crippen LogP contribution is -2.25. The number of ether oxygens (including phenoxy) is 1. The smallest absolute Gasteiger partial charge is 0.122 e. The third-order valence-corrected chi connectivity index (χ3v) is 2.70. The summed E-state index contributed by atoms with van der Waals surface area (Å²) < 4.78 is 5.82. The molecule has 0 spiro atoms. The highest BCUT2D eigenvalue weighted by atomic mass is 16.5. The van der Waals surface area contributed by atoms with Gasteiger partial charge in [0.2, 0.25) is 0 Å². The molecule has 1 aromatic carbocycles. The molecule has 14 heavy (non-hydrogen) atoms. The average molecular weight is 192 g/mol. The van der Waals surface area contributed by atoms with Crippen LogP contribution in [0.1, 0.15) is 24.8 Å². The van der Waals surface area contributed by atoms with Gasteiger partial charge in [0.25, 0.3) is 0 Å². The third kappa shape index (κ3) is 2.07. The largest absolute Gasteiger partial charge is 0.490 e. The van der Waals surface area contributed by atoms with Gasteiger partial charge in [0, 0.05) is 6.61 Å². The quantitative estimate of drug-likeness (QED) is 0.792. The summed E-state index contributed by atoms with van der Waals surface area (Å²) in [5.74, 6) is 0.950. The van der Waals surface area contributed by atoms with E-state index >= 15 is 0 Å². The first kappa shape index (κ1) is 9.53. The number of aliphatic hydroxyl groups excluding tert-OH is 1. The summed E-state index contributed by atoms with van der Waals surface area (Å²) in [6.45, 7) is 0.186.